The number of hydrogen-bond donors (Lipinski definition) is 1. The van der Waals surface area contributed by atoms with Crippen LogP contribution in [0.15, 0.2) is 34.7 Å². The quantitative estimate of drug-likeness (QED) is 0.843. The summed E-state index contributed by atoms with van der Waals surface area (Å²) in [6.07, 6.45) is 2.17. The SMILES string of the molecule is CCc1ccc(C(=O)O)cc1S(=O)(=O)CC=C(C)C. The number of aryl methyl sites for hydroxylation is 1. The molecular formula is C14H18O4S. The number of aromatic carboxylic acids is 1. The largest absolute Gasteiger partial charge is 0.478 e. The molecular weight excluding hydrogens is 264 g/mol. The Balaban J connectivity index is 3.34. The van der Waals surface area contributed by atoms with Crippen molar-refractivity contribution in [3.05, 3.63) is 41.0 Å². The predicted octanol–water partition coefficient (Wildman–Crippen LogP) is 2.69. The van der Waals surface area contributed by atoms with Gasteiger partial charge in [-0.2, -0.15) is 0 Å². The first-order valence-electron chi connectivity index (χ1n) is 6.00. The maximum absolute atomic E-state index is 12.3. The van der Waals surface area contributed by atoms with Crippen LogP contribution in [0.5, 0.6) is 0 Å². The van der Waals surface area contributed by atoms with Crippen molar-refractivity contribution < 1.29 is 18.3 Å². The zero-order chi connectivity index (χ0) is 14.6. The second-order valence-electron chi connectivity index (χ2n) is 4.54. The van der Waals surface area contributed by atoms with Crippen molar-refractivity contribution in [2.24, 2.45) is 0 Å². The second kappa shape index (κ2) is 6.02. The van der Waals surface area contributed by atoms with Crippen LogP contribution in [0.25, 0.3) is 0 Å². The molecule has 0 saturated carbocycles. The number of allylic oxidation sites excluding steroid dienone is 1. The Morgan fingerprint density at radius 2 is 1.95 bits per heavy atom. The molecule has 104 valence electrons. The van der Waals surface area contributed by atoms with E-state index >= 15 is 0 Å². The Kier molecular flexibility index (Phi) is 4.89. The zero-order valence-electron chi connectivity index (χ0n) is 11.3. The molecule has 0 aliphatic rings. The molecule has 0 aliphatic carbocycles. The van der Waals surface area contributed by atoms with Gasteiger partial charge in [0.15, 0.2) is 9.84 Å². The van der Waals surface area contributed by atoms with Gasteiger partial charge in [0.1, 0.15) is 0 Å². The van der Waals surface area contributed by atoms with Crippen LogP contribution in [0.1, 0.15) is 36.7 Å². The minimum Gasteiger partial charge on any atom is -0.478 e. The maximum Gasteiger partial charge on any atom is 0.335 e. The van der Waals surface area contributed by atoms with Crippen LogP contribution >= 0.6 is 0 Å². The van der Waals surface area contributed by atoms with Crippen molar-refractivity contribution in [1.29, 1.82) is 0 Å². The predicted molar refractivity (Wildman–Crippen MR) is 74.3 cm³/mol. The normalized spacial score (nSPS) is 11.1. The first kappa shape index (κ1) is 15.4. The van der Waals surface area contributed by atoms with Gasteiger partial charge in [-0.05, 0) is 38.0 Å². The fraction of sp³-hybridized carbons (Fsp3) is 0.357. The summed E-state index contributed by atoms with van der Waals surface area (Å²) in [5.74, 6) is -1.23. The molecule has 1 aromatic carbocycles. The van der Waals surface area contributed by atoms with E-state index in [0.717, 1.165) is 5.57 Å². The summed E-state index contributed by atoms with van der Waals surface area (Å²) >= 11 is 0. The van der Waals surface area contributed by atoms with Gasteiger partial charge in [0.25, 0.3) is 0 Å². The molecule has 5 heteroatoms. The number of rotatable bonds is 5. The molecule has 0 unspecified atom stereocenters. The van der Waals surface area contributed by atoms with Crippen LogP contribution in [-0.2, 0) is 16.3 Å². The fourth-order valence-corrected chi connectivity index (χ4v) is 3.29. The van der Waals surface area contributed by atoms with Gasteiger partial charge in [-0.25, -0.2) is 13.2 Å². The van der Waals surface area contributed by atoms with Gasteiger partial charge in [0, 0.05) is 0 Å². The van der Waals surface area contributed by atoms with E-state index in [2.05, 4.69) is 0 Å². The number of benzene rings is 1. The van der Waals surface area contributed by atoms with Crippen LogP contribution in [0.3, 0.4) is 0 Å². The summed E-state index contributed by atoms with van der Waals surface area (Å²) in [6, 6.07) is 4.25. The van der Waals surface area contributed by atoms with E-state index in [1.54, 1.807) is 12.1 Å². The Morgan fingerprint density at radius 3 is 2.42 bits per heavy atom. The molecule has 19 heavy (non-hydrogen) atoms. The number of sulfone groups is 1. The third-order valence-corrected chi connectivity index (χ3v) is 4.40. The van der Waals surface area contributed by atoms with Gasteiger partial charge in [0.05, 0.1) is 16.2 Å². The highest BCUT2D eigenvalue weighted by Crippen LogP contribution is 2.20. The van der Waals surface area contributed by atoms with E-state index in [-0.39, 0.29) is 16.2 Å². The standard InChI is InChI=1S/C14H18O4S/c1-4-11-5-6-12(14(15)16)9-13(11)19(17,18)8-7-10(2)3/h5-7,9H,4,8H2,1-3H3,(H,15,16). The summed E-state index contributed by atoms with van der Waals surface area (Å²) in [5, 5.41) is 8.95. The van der Waals surface area contributed by atoms with Crippen molar-refractivity contribution in [2.45, 2.75) is 32.1 Å². The highest BCUT2D eigenvalue weighted by molar-refractivity contribution is 7.91. The van der Waals surface area contributed by atoms with E-state index in [9.17, 15) is 13.2 Å². The first-order chi connectivity index (χ1) is 8.77. The Morgan fingerprint density at radius 1 is 1.32 bits per heavy atom. The summed E-state index contributed by atoms with van der Waals surface area (Å²) in [4.78, 5) is 11.1. The second-order valence-corrected chi connectivity index (χ2v) is 6.55. The van der Waals surface area contributed by atoms with Gasteiger partial charge < -0.3 is 5.11 Å². The van der Waals surface area contributed by atoms with Crippen molar-refractivity contribution >= 4 is 15.8 Å². The van der Waals surface area contributed by atoms with E-state index < -0.39 is 15.8 Å². The molecule has 1 N–H and O–H groups in total. The lowest BCUT2D eigenvalue weighted by Gasteiger charge is -2.09. The molecule has 1 rings (SSSR count). The molecule has 0 fully saturated rings. The lowest BCUT2D eigenvalue weighted by molar-refractivity contribution is 0.0696. The molecule has 0 aliphatic heterocycles. The van der Waals surface area contributed by atoms with Crippen LogP contribution < -0.4 is 0 Å². The number of carbonyl (C=O) groups is 1. The summed E-state index contributed by atoms with van der Waals surface area (Å²) in [5.41, 5.74) is 1.55. The molecule has 0 aromatic heterocycles. The highest BCUT2D eigenvalue weighted by Gasteiger charge is 2.19. The Labute approximate surface area is 113 Å². The summed E-state index contributed by atoms with van der Waals surface area (Å²) < 4.78 is 24.5. The van der Waals surface area contributed by atoms with Gasteiger partial charge in [0.2, 0.25) is 0 Å². The van der Waals surface area contributed by atoms with E-state index in [0.29, 0.717) is 12.0 Å². The van der Waals surface area contributed by atoms with E-state index in [1.807, 2.05) is 20.8 Å². The van der Waals surface area contributed by atoms with E-state index in [1.165, 1.54) is 12.1 Å². The zero-order valence-corrected chi connectivity index (χ0v) is 12.1. The lowest BCUT2D eigenvalue weighted by atomic mass is 10.1. The van der Waals surface area contributed by atoms with Crippen molar-refractivity contribution in [3.8, 4) is 0 Å². The highest BCUT2D eigenvalue weighted by atomic mass is 32.2. The molecule has 0 amide bonds. The van der Waals surface area contributed by atoms with Gasteiger partial charge >= 0.3 is 5.97 Å². The van der Waals surface area contributed by atoms with Crippen LogP contribution in [0.4, 0.5) is 0 Å². The maximum atomic E-state index is 12.3. The minimum atomic E-state index is -3.49. The van der Waals surface area contributed by atoms with Crippen molar-refractivity contribution in [1.82, 2.24) is 0 Å². The van der Waals surface area contributed by atoms with Crippen LogP contribution in [0, 0.1) is 0 Å². The third-order valence-electron chi connectivity index (χ3n) is 2.74. The first-order valence-corrected chi connectivity index (χ1v) is 7.65. The fourth-order valence-electron chi connectivity index (χ4n) is 1.64. The lowest BCUT2D eigenvalue weighted by Crippen LogP contribution is -2.10. The van der Waals surface area contributed by atoms with Crippen molar-refractivity contribution in [2.75, 3.05) is 5.75 Å². The van der Waals surface area contributed by atoms with Crippen LogP contribution in [-0.4, -0.2) is 25.2 Å². The molecule has 0 heterocycles. The Bertz CT molecular complexity index is 608. The molecule has 1 aromatic rings. The average Bonchev–Trinajstić information content (AvgIpc) is 2.35. The smallest absolute Gasteiger partial charge is 0.335 e. The monoisotopic (exact) mass is 282 g/mol. The number of carboxylic acids is 1. The van der Waals surface area contributed by atoms with Crippen LogP contribution in [0.2, 0.25) is 0 Å². The summed E-state index contributed by atoms with van der Waals surface area (Å²) in [6.45, 7) is 5.49. The van der Waals surface area contributed by atoms with Crippen molar-refractivity contribution in [3.63, 3.8) is 0 Å². The Hall–Kier alpha value is -1.62. The molecule has 4 nitrogen and oxygen atoms in total. The van der Waals surface area contributed by atoms with Gasteiger partial charge in [-0.3, -0.25) is 0 Å². The third kappa shape index (κ3) is 3.92. The van der Waals surface area contributed by atoms with Gasteiger partial charge in [-0.1, -0.05) is 24.6 Å². The number of carboxylic acid groups (broad SMARTS) is 1. The average molecular weight is 282 g/mol. The topological polar surface area (TPSA) is 71.4 Å². The molecule has 0 spiro atoms. The molecule has 0 bridgehead atoms. The van der Waals surface area contributed by atoms with Gasteiger partial charge in [-0.15, -0.1) is 0 Å². The molecule has 0 atom stereocenters. The molecule has 0 radical (unpaired) electrons. The minimum absolute atomic E-state index is 0.00650. The van der Waals surface area contributed by atoms with E-state index in [4.69, 9.17) is 5.11 Å². The number of hydrogen-bond acceptors (Lipinski definition) is 3. The summed E-state index contributed by atoms with van der Waals surface area (Å²) in [7, 11) is -3.49. The molecule has 0 saturated heterocycles.